The molecule has 10 heteroatoms. The molecule has 3 aromatic rings. The Bertz CT molecular complexity index is 929. The third kappa shape index (κ3) is 6.05. The number of nitrogens with one attached hydrogen (secondary N) is 1. The second-order valence-corrected chi connectivity index (χ2v) is 6.14. The summed E-state index contributed by atoms with van der Waals surface area (Å²) in [6, 6.07) is 11.7. The zero-order chi connectivity index (χ0) is 18.5. The zero-order valence-electron chi connectivity index (χ0n) is 15.7. The quantitative estimate of drug-likeness (QED) is 0.596. The van der Waals surface area contributed by atoms with E-state index < -0.39 is 0 Å². The molecule has 3 N–H and O–H groups in total. The van der Waals surface area contributed by atoms with Gasteiger partial charge < -0.3 is 15.5 Å². The highest BCUT2D eigenvalue weighted by Crippen LogP contribution is 2.16. The summed E-state index contributed by atoms with van der Waals surface area (Å²) < 4.78 is 7.17. The monoisotopic (exact) mass is 426 g/mol. The molecule has 2 heterocycles. The van der Waals surface area contributed by atoms with Gasteiger partial charge >= 0.3 is 11.7 Å². The van der Waals surface area contributed by atoms with Crippen LogP contribution in [0.15, 0.2) is 45.6 Å². The minimum Gasteiger partial charge on any atom is -0.406 e. The van der Waals surface area contributed by atoms with Crippen molar-refractivity contribution in [2.45, 2.75) is 32.9 Å². The first-order valence-electron chi connectivity index (χ1n) is 8.45. The lowest BCUT2D eigenvalue weighted by Gasteiger charge is -2.09. The van der Waals surface area contributed by atoms with Crippen molar-refractivity contribution in [1.82, 2.24) is 19.7 Å². The Kier molecular flexibility index (Phi) is 9.11. The van der Waals surface area contributed by atoms with E-state index in [1.165, 1.54) is 0 Å². The third-order valence-corrected chi connectivity index (χ3v) is 4.01. The second-order valence-electron chi connectivity index (χ2n) is 6.14. The highest BCUT2D eigenvalue weighted by molar-refractivity contribution is 5.85. The van der Waals surface area contributed by atoms with Crippen molar-refractivity contribution in [3.05, 3.63) is 69.7 Å². The normalized spacial score (nSPS) is 11.2. The number of halogens is 2. The van der Waals surface area contributed by atoms with Gasteiger partial charge in [-0.15, -0.1) is 29.9 Å². The van der Waals surface area contributed by atoms with E-state index in [0.717, 1.165) is 11.3 Å². The zero-order valence-corrected chi connectivity index (χ0v) is 17.3. The number of hydrogen-bond acceptors (Lipinski definition) is 7. The molecule has 0 saturated carbocycles. The van der Waals surface area contributed by atoms with Gasteiger partial charge in [0, 0.05) is 24.5 Å². The van der Waals surface area contributed by atoms with Crippen LogP contribution in [0.25, 0.3) is 0 Å². The van der Waals surface area contributed by atoms with Crippen molar-refractivity contribution in [3.8, 4) is 0 Å². The molecular weight excluding hydrogens is 403 g/mol. The maximum Gasteiger partial charge on any atom is 0.348 e. The fourth-order valence-corrected chi connectivity index (χ4v) is 2.73. The fourth-order valence-electron chi connectivity index (χ4n) is 2.73. The predicted molar refractivity (Wildman–Crippen MR) is 112 cm³/mol. The van der Waals surface area contributed by atoms with Crippen LogP contribution in [0.3, 0.4) is 0 Å². The Labute approximate surface area is 175 Å². The van der Waals surface area contributed by atoms with E-state index >= 15 is 0 Å². The topological polar surface area (TPSA) is 112 Å². The van der Waals surface area contributed by atoms with Crippen LogP contribution < -0.4 is 16.7 Å². The van der Waals surface area contributed by atoms with E-state index in [4.69, 9.17) is 10.2 Å². The lowest BCUT2D eigenvalue weighted by Crippen LogP contribution is -2.28. The Balaban J connectivity index is 0.00000196. The second kappa shape index (κ2) is 10.8. The average molecular weight is 427 g/mol. The SMILES string of the molecule is Cc1cc(C)n(CCNc2nnc([C@H](N)Cc3ccccc3)o2)c(=O)n1.Cl.Cl. The molecule has 0 aliphatic rings. The Morgan fingerprint density at radius 1 is 1.18 bits per heavy atom. The van der Waals surface area contributed by atoms with Crippen molar-refractivity contribution in [3.63, 3.8) is 0 Å². The third-order valence-electron chi connectivity index (χ3n) is 4.01. The number of nitrogens with zero attached hydrogens (tertiary/aromatic N) is 4. The summed E-state index contributed by atoms with van der Waals surface area (Å²) in [5, 5.41) is 11.0. The number of benzene rings is 1. The van der Waals surface area contributed by atoms with E-state index in [0.29, 0.717) is 31.1 Å². The van der Waals surface area contributed by atoms with Crippen molar-refractivity contribution in [2.75, 3.05) is 11.9 Å². The molecule has 0 aliphatic heterocycles. The summed E-state index contributed by atoms with van der Waals surface area (Å²) in [5.41, 5.74) is 8.55. The van der Waals surface area contributed by atoms with Crippen molar-refractivity contribution in [1.29, 1.82) is 0 Å². The van der Waals surface area contributed by atoms with E-state index in [2.05, 4.69) is 20.5 Å². The van der Waals surface area contributed by atoms with Crippen LogP contribution in [-0.2, 0) is 13.0 Å². The molecule has 28 heavy (non-hydrogen) atoms. The van der Waals surface area contributed by atoms with Crippen LogP contribution in [0, 0.1) is 13.8 Å². The first kappa shape index (κ1) is 23.6. The Hall–Kier alpha value is -2.42. The molecule has 2 aromatic heterocycles. The van der Waals surface area contributed by atoms with Crippen molar-refractivity contribution >= 4 is 30.8 Å². The smallest absolute Gasteiger partial charge is 0.348 e. The van der Waals surface area contributed by atoms with E-state index in [-0.39, 0.29) is 42.6 Å². The summed E-state index contributed by atoms with van der Waals surface area (Å²) in [6.45, 7) is 4.59. The van der Waals surface area contributed by atoms with Gasteiger partial charge in [0.2, 0.25) is 5.89 Å². The largest absolute Gasteiger partial charge is 0.406 e. The lowest BCUT2D eigenvalue weighted by atomic mass is 10.1. The molecule has 8 nitrogen and oxygen atoms in total. The Morgan fingerprint density at radius 2 is 1.89 bits per heavy atom. The van der Waals surface area contributed by atoms with Crippen LogP contribution in [0.4, 0.5) is 6.01 Å². The highest BCUT2D eigenvalue weighted by Gasteiger charge is 2.15. The highest BCUT2D eigenvalue weighted by atomic mass is 35.5. The van der Waals surface area contributed by atoms with Gasteiger partial charge in [-0.1, -0.05) is 35.4 Å². The number of anilines is 1. The van der Waals surface area contributed by atoms with E-state index in [9.17, 15) is 4.79 Å². The fraction of sp³-hybridized carbons (Fsp3) is 0.333. The summed E-state index contributed by atoms with van der Waals surface area (Å²) in [5.74, 6) is 0.377. The van der Waals surface area contributed by atoms with Crippen LogP contribution in [0.2, 0.25) is 0 Å². The number of aryl methyl sites for hydroxylation is 2. The summed E-state index contributed by atoms with van der Waals surface area (Å²) >= 11 is 0. The number of hydrogen-bond donors (Lipinski definition) is 2. The molecule has 0 amide bonds. The lowest BCUT2D eigenvalue weighted by molar-refractivity contribution is 0.455. The molecule has 0 unspecified atom stereocenters. The molecule has 0 radical (unpaired) electrons. The predicted octanol–water partition coefficient (Wildman–Crippen LogP) is 2.44. The van der Waals surface area contributed by atoms with Gasteiger partial charge in [-0.25, -0.2) is 4.79 Å². The van der Waals surface area contributed by atoms with Crippen LogP contribution in [0.5, 0.6) is 0 Å². The van der Waals surface area contributed by atoms with Crippen LogP contribution in [-0.4, -0.2) is 26.3 Å². The molecule has 3 rings (SSSR count). The number of rotatable bonds is 7. The minimum absolute atomic E-state index is 0. The molecule has 152 valence electrons. The van der Waals surface area contributed by atoms with Gasteiger partial charge in [-0.05, 0) is 31.9 Å². The number of aromatic nitrogens is 4. The molecule has 0 bridgehead atoms. The van der Waals surface area contributed by atoms with Crippen molar-refractivity contribution < 1.29 is 4.42 Å². The maximum atomic E-state index is 11.9. The molecule has 1 atom stereocenters. The molecule has 0 saturated heterocycles. The molecule has 0 spiro atoms. The van der Waals surface area contributed by atoms with Crippen LogP contribution >= 0.6 is 24.8 Å². The van der Waals surface area contributed by atoms with Gasteiger partial charge in [-0.3, -0.25) is 4.57 Å². The van der Waals surface area contributed by atoms with E-state index in [1.54, 1.807) is 11.5 Å². The average Bonchev–Trinajstić information content (AvgIpc) is 3.07. The van der Waals surface area contributed by atoms with Gasteiger partial charge in [0.15, 0.2) is 0 Å². The van der Waals surface area contributed by atoms with Crippen molar-refractivity contribution in [2.24, 2.45) is 5.73 Å². The maximum absolute atomic E-state index is 11.9. The first-order chi connectivity index (χ1) is 12.5. The van der Waals surface area contributed by atoms with Gasteiger partial charge in [0.1, 0.15) is 0 Å². The minimum atomic E-state index is -0.369. The summed E-state index contributed by atoms with van der Waals surface area (Å²) in [4.78, 5) is 15.9. The first-order valence-corrected chi connectivity index (χ1v) is 8.45. The standard InChI is InChI=1S/C18H22N6O2.2ClH/c1-12-10-13(2)24(18(25)21-12)9-8-20-17-23-22-16(26-17)15(19)11-14-6-4-3-5-7-14;;/h3-7,10,15H,8-9,11,19H2,1-2H3,(H,20,23);2*1H/t15-;;/m1../s1. The molecule has 1 aromatic carbocycles. The Morgan fingerprint density at radius 3 is 2.57 bits per heavy atom. The van der Waals surface area contributed by atoms with E-state index in [1.807, 2.05) is 43.3 Å². The molecule has 0 aliphatic carbocycles. The van der Waals surface area contributed by atoms with Crippen LogP contribution in [0.1, 0.15) is 28.9 Å². The number of nitrogens with two attached hydrogens (primary N) is 1. The molecular formula is C18H24Cl2N6O2. The van der Waals surface area contributed by atoms with Gasteiger partial charge in [-0.2, -0.15) is 4.98 Å². The summed E-state index contributed by atoms with van der Waals surface area (Å²) in [7, 11) is 0. The molecule has 0 fully saturated rings. The summed E-state index contributed by atoms with van der Waals surface area (Å²) in [6.07, 6.45) is 0.617. The van der Waals surface area contributed by atoms with Gasteiger partial charge in [0.05, 0.1) is 6.04 Å². The van der Waals surface area contributed by atoms with Gasteiger partial charge in [0.25, 0.3) is 0 Å².